The normalized spacial score (nSPS) is 12.5. The van der Waals surface area contributed by atoms with Gasteiger partial charge >= 0.3 is 0 Å². The zero-order valence-electron chi connectivity index (χ0n) is 8.46. The van der Waals surface area contributed by atoms with Crippen molar-refractivity contribution in [2.75, 3.05) is 0 Å². The van der Waals surface area contributed by atoms with Crippen LogP contribution in [0.2, 0.25) is 5.15 Å². The first-order chi connectivity index (χ1) is 6.65. The third kappa shape index (κ3) is 2.81. The minimum atomic E-state index is 0.0680. The summed E-state index contributed by atoms with van der Waals surface area (Å²) in [5.74, 6) is 0.217. The van der Waals surface area contributed by atoms with Crippen LogP contribution in [0.5, 0.6) is 0 Å². The number of pyridine rings is 1. The van der Waals surface area contributed by atoms with E-state index in [1.54, 1.807) is 18.3 Å². The maximum atomic E-state index is 11.8. The van der Waals surface area contributed by atoms with Gasteiger partial charge in [0.05, 0.1) is 0 Å². The fourth-order valence-corrected chi connectivity index (χ4v) is 1.58. The summed E-state index contributed by atoms with van der Waals surface area (Å²) < 4.78 is 0. The average Bonchev–Trinajstić information content (AvgIpc) is 2.17. The van der Waals surface area contributed by atoms with Gasteiger partial charge in [-0.15, -0.1) is 0 Å². The van der Waals surface area contributed by atoms with Crippen molar-refractivity contribution in [1.29, 1.82) is 0 Å². The van der Waals surface area contributed by atoms with Crippen LogP contribution in [0.15, 0.2) is 18.3 Å². The molecule has 2 nitrogen and oxygen atoms in total. The van der Waals surface area contributed by atoms with E-state index in [-0.39, 0.29) is 11.7 Å². The van der Waals surface area contributed by atoms with Gasteiger partial charge in [-0.2, -0.15) is 0 Å². The lowest BCUT2D eigenvalue weighted by Gasteiger charge is -2.08. The lowest BCUT2D eigenvalue weighted by molar-refractivity contribution is 0.0923. The van der Waals surface area contributed by atoms with Crippen molar-refractivity contribution >= 4 is 17.4 Å². The quantitative estimate of drug-likeness (QED) is 0.565. The number of halogens is 1. The van der Waals surface area contributed by atoms with Crippen molar-refractivity contribution in [1.82, 2.24) is 4.98 Å². The minimum Gasteiger partial charge on any atom is -0.294 e. The molecule has 0 bridgehead atoms. The van der Waals surface area contributed by atoms with E-state index in [0.29, 0.717) is 10.7 Å². The highest BCUT2D eigenvalue weighted by Gasteiger charge is 2.14. The van der Waals surface area contributed by atoms with Gasteiger partial charge in [-0.3, -0.25) is 4.79 Å². The van der Waals surface area contributed by atoms with Gasteiger partial charge in [0.15, 0.2) is 5.78 Å². The largest absolute Gasteiger partial charge is 0.294 e. The van der Waals surface area contributed by atoms with Crippen LogP contribution in [-0.4, -0.2) is 10.8 Å². The van der Waals surface area contributed by atoms with Gasteiger partial charge in [0, 0.05) is 17.7 Å². The van der Waals surface area contributed by atoms with Gasteiger partial charge in [0.2, 0.25) is 0 Å². The smallest absolute Gasteiger partial charge is 0.165 e. The van der Waals surface area contributed by atoms with Crippen molar-refractivity contribution in [3.05, 3.63) is 29.0 Å². The maximum absolute atomic E-state index is 11.8. The van der Waals surface area contributed by atoms with Crippen molar-refractivity contribution in [3.8, 4) is 0 Å². The molecule has 0 aliphatic heterocycles. The van der Waals surface area contributed by atoms with E-state index in [1.165, 1.54) is 0 Å². The van der Waals surface area contributed by atoms with Crippen LogP contribution in [-0.2, 0) is 0 Å². The topological polar surface area (TPSA) is 30.0 Å². The molecule has 0 spiro atoms. The summed E-state index contributed by atoms with van der Waals surface area (Å²) in [5, 5.41) is 0.375. The fraction of sp³-hybridized carbons (Fsp3) is 0.455. The van der Waals surface area contributed by atoms with Crippen LogP contribution in [0.1, 0.15) is 37.0 Å². The van der Waals surface area contributed by atoms with Gasteiger partial charge in [0.1, 0.15) is 5.15 Å². The summed E-state index contributed by atoms with van der Waals surface area (Å²) in [4.78, 5) is 15.6. The second kappa shape index (κ2) is 5.11. The first-order valence-corrected chi connectivity index (χ1v) is 5.18. The minimum absolute atomic E-state index is 0.0680. The lowest BCUT2D eigenvalue weighted by Crippen LogP contribution is -2.10. The Hall–Kier alpha value is -0.890. The van der Waals surface area contributed by atoms with E-state index < -0.39 is 0 Å². The maximum Gasteiger partial charge on any atom is 0.165 e. The molecule has 0 N–H and O–H groups in total. The Morgan fingerprint density at radius 1 is 1.64 bits per heavy atom. The highest BCUT2D eigenvalue weighted by molar-refractivity contribution is 6.29. The summed E-state index contributed by atoms with van der Waals surface area (Å²) in [7, 11) is 0. The summed E-state index contributed by atoms with van der Waals surface area (Å²) in [6.45, 7) is 4.02. The summed E-state index contributed by atoms with van der Waals surface area (Å²) in [6, 6.07) is 3.33. The van der Waals surface area contributed by atoms with Crippen molar-refractivity contribution in [2.45, 2.75) is 26.7 Å². The monoisotopic (exact) mass is 211 g/mol. The van der Waals surface area contributed by atoms with E-state index in [1.807, 2.05) is 6.92 Å². The van der Waals surface area contributed by atoms with Crippen LogP contribution in [0.3, 0.4) is 0 Å². The molecule has 0 saturated carbocycles. The Morgan fingerprint density at radius 2 is 2.36 bits per heavy atom. The number of Topliss-reactive ketones (excluding diaryl/α,β-unsaturated/α-hetero) is 1. The molecule has 0 fully saturated rings. The van der Waals surface area contributed by atoms with Crippen molar-refractivity contribution in [2.24, 2.45) is 5.92 Å². The third-order valence-electron chi connectivity index (χ3n) is 2.18. The van der Waals surface area contributed by atoms with Crippen LogP contribution in [0.4, 0.5) is 0 Å². The highest BCUT2D eigenvalue weighted by Crippen LogP contribution is 2.15. The third-order valence-corrected chi connectivity index (χ3v) is 2.39. The molecule has 3 heteroatoms. The Morgan fingerprint density at radius 3 is 2.93 bits per heavy atom. The Bertz CT molecular complexity index is 325. The number of nitrogens with zero attached hydrogens (tertiary/aromatic N) is 1. The second-order valence-corrected chi connectivity index (χ2v) is 3.81. The molecular formula is C11H14ClNO. The molecule has 76 valence electrons. The van der Waals surface area contributed by atoms with E-state index in [2.05, 4.69) is 11.9 Å². The molecule has 14 heavy (non-hydrogen) atoms. The average molecular weight is 212 g/mol. The van der Waals surface area contributed by atoms with Crippen molar-refractivity contribution in [3.63, 3.8) is 0 Å². The molecule has 0 aromatic carbocycles. The van der Waals surface area contributed by atoms with Crippen LogP contribution >= 0.6 is 11.6 Å². The number of rotatable bonds is 4. The fourth-order valence-electron chi connectivity index (χ4n) is 1.40. The predicted molar refractivity (Wildman–Crippen MR) is 57.6 cm³/mol. The van der Waals surface area contributed by atoms with Crippen molar-refractivity contribution < 1.29 is 4.79 Å². The zero-order valence-corrected chi connectivity index (χ0v) is 9.21. The van der Waals surface area contributed by atoms with Gasteiger partial charge in [-0.25, -0.2) is 4.98 Å². The molecule has 0 aliphatic rings. The Balaban J connectivity index is 2.78. The number of carbonyl (C=O) groups excluding carboxylic acids is 1. The number of ketones is 1. The molecule has 1 rings (SSSR count). The van der Waals surface area contributed by atoms with Crippen LogP contribution in [0.25, 0.3) is 0 Å². The van der Waals surface area contributed by atoms with Crippen LogP contribution < -0.4 is 0 Å². The molecule has 1 aromatic rings. The molecule has 1 aromatic heterocycles. The molecular weight excluding hydrogens is 198 g/mol. The van der Waals surface area contributed by atoms with E-state index in [0.717, 1.165) is 12.8 Å². The van der Waals surface area contributed by atoms with Gasteiger partial charge in [0.25, 0.3) is 0 Å². The van der Waals surface area contributed by atoms with Gasteiger partial charge in [-0.1, -0.05) is 31.9 Å². The second-order valence-electron chi connectivity index (χ2n) is 3.42. The zero-order chi connectivity index (χ0) is 10.6. The number of hydrogen-bond donors (Lipinski definition) is 0. The molecule has 0 aliphatic carbocycles. The Kier molecular flexibility index (Phi) is 4.08. The van der Waals surface area contributed by atoms with E-state index >= 15 is 0 Å². The summed E-state index contributed by atoms with van der Waals surface area (Å²) >= 11 is 5.71. The number of hydrogen-bond acceptors (Lipinski definition) is 2. The highest BCUT2D eigenvalue weighted by atomic mass is 35.5. The molecule has 1 heterocycles. The first kappa shape index (κ1) is 11.2. The van der Waals surface area contributed by atoms with Gasteiger partial charge in [-0.05, 0) is 18.6 Å². The first-order valence-electron chi connectivity index (χ1n) is 4.81. The molecule has 0 unspecified atom stereocenters. The molecule has 0 radical (unpaired) electrons. The summed E-state index contributed by atoms with van der Waals surface area (Å²) in [5.41, 5.74) is 0.658. The molecule has 0 saturated heterocycles. The standard InChI is InChI=1S/C11H14ClNO/c1-3-4-8(2)11(14)9-5-6-13-10(12)7-9/h5-8H,3-4H2,1-2H3/t8-/m1/s1. The SMILES string of the molecule is CCC[C@@H](C)C(=O)c1ccnc(Cl)c1. The molecule has 0 amide bonds. The van der Waals surface area contributed by atoms with E-state index in [4.69, 9.17) is 11.6 Å². The summed E-state index contributed by atoms with van der Waals surface area (Å²) in [6.07, 6.45) is 3.50. The Labute approximate surface area is 89.3 Å². The van der Waals surface area contributed by atoms with Crippen LogP contribution in [0, 0.1) is 5.92 Å². The predicted octanol–water partition coefficient (Wildman–Crippen LogP) is 3.35. The number of carbonyl (C=O) groups is 1. The number of aromatic nitrogens is 1. The van der Waals surface area contributed by atoms with E-state index in [9.17, 15) is 4.79 Å². The lowest BCUT2D eigenvalue weighted by atomic mass is 9.96. The molecule has 1 atom stereocenters. The van der Waals surface area contributed by atoms with Gasteiger partial charge < -0.3 is 0 Å².